The molecular weight excluding hydrogens is 622 g/mol. The van der Waals surface area contributed by atoms with Gasteiger partial charge in [0.25, 0.3) is 5.19 Å². The Labute approximate surface area is 243 Å². The highest BCUT2D eigenvalue weighted by Gasteiger charge is 2.23. The van der Waals surface area contributed by atoms with Gasteiger partial charge in [0.1, 0.15) is 29.4 Å². The van der Waals surface area contributed by atoms with E-state index in [-0.39, 0.29) is 6.61 Å². The average molecular weight is 643 g/mol. The van der Waals surface area contributed by atoms with Crippen molar-refractivity contribution < 1.29 is 28.5 Å². The Balaban J connectivity index is 1.27. The number of ether oxygens (including phenoxy) is 3. The number of thiazole rings is 1. The van der Waals surface area contributed by atoms with Crippen LogP contribution in [-0.2, 0) is 6.61 Å². The molecule has 4 heterocycles. The smallest absolute Gasteiger partial charge is 0.418 e. The van der Waals surface area contributed by atoms with Crippen LogP contribution in [0.1, 0.15) is 11.3 Å². The number of nitrogens with zero attached hydrogens (tertiary/aromatic N) is 5. The number of rotatable bonds is 8. The molecule has 2 aromatic carbocycles. The van der Waals surface area contributed by atoms with Crippen molar-refractivity contribution >= 4 is 71.4 Å². The predicted molar refractivity (Wildman–Crippen MR) is 155 cm³/mol. The third-order valence-corrected chi connectivity index (χ3v) is 8.21. The molecule has 0 saturated heterocycles. The molecular formula is C26H20BrN5O6S2. The Morgan fingerprint density at radius 2 is 2.02 bits per heavy atom. The molecule has 0 fully saturated rings. The summed E-state index contributed by atoms with van der Waals surface area (Å²) >= 11 is 5.96. The molecule has 14 heteroatoms. The molecule has 1 amide bonds. The summed E-state index contributed by atoms with van der Waals surface area (Å²) in [7, 11) is 3.13. The number of aromatic nitrogens is 4. The van der Waals surface area contributed by atoms with Crippen molar-refractivity contribution in [2.45, 2.75) is 13.5 Å². The Hall–Kier alpha value is -4.14. The van der Waals surface area contributed by atoms with Crippen LogP contribution < -0.4 is 19.1 Å². The van der Waals surface area contributed by atoms with Gasteiger partial charge in [-0.1, -0.05) is 15.9 Å². The van der Waals surface area contributed by atoms with Gasteiger partial charge < -0.3 is 23.7 Å². The number of amides is 1. The molecule has 4 aromatic heterocycles. The van der Waals surface area contributed by atoms with Crippen LogP contribution in [0.5, 0.6) is 16.7 Å². The fourth-order valence-corrected chi connectivity index (χ4v) is 6.09. The molecule has 40 heavy (non-hydrogen) atoms. The molecule has 0 bridgehead atoms. The molecule has 0 radical (unpaired) electrons. The van der Waals surface area contributed by atoms with Crippen molar-refractivity contribution in [2.75, 3.05) is 19.1 Å². The minimum atomic E-state index is -1.12. The number of furan rings is 1. The molecule has 0 atom stereocenters. The van der Waals surface area contributed by atoms with Crippen molar-refractivity contribution in [2.24, 2.45) is 0 Å². The third-order valence-electron chi connectivity index (χ3n) is 5.96. The van der Waals surface area contributed by atoms with Crippen LogP contribution in [0.4, 0.5) is 15.6 Å². The van der Waals surface area contributed by atoms with E-state index in [0.717, 1.165) is 15.4 Å². The lowest BCUT2D eigenvalue weighted by atomic mass is 10.2. The summed E-state index contributed by atoms with van der Waals surface area (Å²) in [6.45, 7) is 1.96. The molecule has 0 spiro atoms. The van der Waals surface area contributed by atoms with Crippen LogP contribution in [0.25, 0.3) is 27.4 Å². The maximum atomic E-state index is 12.1. The number of methoxy groups -OCH3 is 2. The van der Waals surface area contributed by atoms with Gasteiger partial charge in [0.05, 0.1) is 37.2 Å². The topological polar surface area (TPSA) is 124 Å². The van der Waals surface area contributed by atoms with Crippen molar-refractivity contribution in [3.8, 4) is 28.1 Å². The highest BCUT2D eigenvalue weighted by molar-refractivity contribution is 9.10. The number of carbonyl (C=O) groups is 1. The van der Waals surface area contributed by atoms with E-state index in [9.17, 15) is 9.90 Å². The predicted octanol–water partition coefficient (Wildman–Crippen LogP) is 7.14. The molecule has 6 rings (SSSR count). The number of hydrogen-bond acceptors (Lipinski definition) is 10. The Kier molecular flexibility index (Phi) is 6.82. The van der Waals surface area contributed by atoms with Crippen molar-refractivity contribution in [1.29, 1.82) is 0 Å². The summed E-state index contributed by atoms with van der Waals surface area (Å²) in [5.41, 5.74) is 3.09. The van der Waals surface area contributed by atoms with E-state index >= 15 is 0 Å². The number of imidazole rings is 1. The second-order valence-corrected chi connectivity index (χ2v) is 11.2. The first-order valence-corrected chi connectivity index (χ1v) is 14.2. The van der Waals surface area contributed by atoms with E-state index in [1.165, 1.54) is 27.6 Å². The van der Waals surface area contributed by atoms with Crippen molar-refractivity contribution in [1.82, 2.24) is 19.6 Å². The minimum absolute atomic E-state index is 0.107. The van der Waals surface area contributed by atoms with E-state index in [1.54, 1.807) is 54.6 Å². The molecule has 1 N–H and O–H groups in total. The summed E-state index contributed by atoms with van der Waals surface area (Å²) in [6, 6.07) is 10.8. The van der Waals surface area contributed by atoms with Crippen LogP contribution >= 0.6 is 38.6 Å². The lowest BCUT2D eigenvalue weighted by molar-refractivity contribution is 0.204. The first-order chi connectivity index (χ1) is 19.3. The highest BCUT2D eigenvalue weighted by atomic mass is 79.9. The number of anilines is 2. The van der Waals surface area contributed by atoms with E-state index in [1.807, 2.05) is 19.1 Å². The maximum Gasteiger partial charge on any atom is 0.418 e. The highest BCUT2D eigenvalue weighted by Crippen LogP contribution is 2.38. The van der Waals surface area contributed by atoms with Gasteiger partial charge in [-0.25, -0.2) is 24.2 Å². The second kappa shape index (κ2) is 10.4. The average Bonchev–Trinajstić information content (AvgIpc) is 3.71. The number of aryl methyl sites for hydroxylation is 1. The number of halogens is 1. The fraction of sp³-hybridized carbons (Fsp3) is 0.154. The number of carboxylic acid groups (broad SMARTS) is 1. The first-order valence-electron chi connectivity index (χ1n) is 11.7. The maximum absolute atomic E-state index is 12.1. The second-order valence-electron chi connectivity index (χ2n) is 8.53. The molecule has 6 aromatic rings. The monoisotopic (exact) mass is 641 g/mol. The van der Waals surface area contributed by atoms with Crippen LogP contribution in [0, 0.1) is 6.92 Å². The van der Waals surface area contributed by atoms with Crippen LogP contribution in [0.3, 0.4) is 0 Å². The Morgan fingerprint density at radius 3 is 2.75 bits per heavy atom. The zero-order valence-electron chi connectivity index (χ0n) is 21.2. The summed E-state index contributed by atoms with van der Waals surface area (Å²) in [5, 5.41) is 17.6. The number of hydrogen-bond donors (Lipinski definition) is 1. The van der Waals surface area contributed by atoms with Gasteiger partial charge in [-0.05, 0) is 48.1 Å². The quantitative estimate of drug-likeness (QED) is 0.184. The zero-order chi connectivity index (χ0) is 28.0. The molecule has 11 nitrogen and oxygen atoms in total. The first kappa shape index (κ1) is 26.1. The standard InChI is InChI=1S/C26H20BrN5O6S2/c1-13-6-14(27)4-5-19(13)32(26(33)34)24-28-15(12-39-24)11-37-20-7-16(35-2)8-21-17(20)9-22(38-21)18-10-31-23(29-18)40-25(30-31)36-3/h4-10,12H,11H2,1-3H3,(H,33,34). The molecule has 0 aliphatic rings. The fourth-order valence-electron chi connectivity index (χ4n) is 4.10. The number of fused-ring (bicyclic) bond motifs is 2. The summed E-state index contributed by atoms with van der Waals surface area (Å²) in [4.78, 5) is 23.1. The Bertz CT molecular complexity index is 1840. The summed E-state index contributed by atoms with van der Waals surface area (Å²) in [6.07, 6.45) is 0.641. The van der Waals surface area contributed by atoms with Gasteiger partial charge in [-0.3, -0.25) is 0 Å². The van der Waals surface area contributed by atoms with Gasteiger partial charge in [-0.2, -0.15) is 0 Å². The van der Waals surface area contributed by atoms with E-state index in [4.69, 9.17) is 18.6 Å². The summed E-state index contributed by atoms with van der Waals surface area (Å²) in [5.74, 6) is 1.63. The largest absolute Gasteiger partial charge is 0.496 e. The SMILES string of the molecule is COc1cc(OCc2csc(N(C(=O)O)c3ccc(Br)cc3C)n2)c2cc(-c3cn4nc(OC)sc4n3)oc2c1. The lowest BCUT2D eigenvalue weighted by Crippen LogP contribution is -2.24. The molecule has 0 aliphatic heterocycles. The van der Waals surface area contributed by atoms with Crippen LogP contribution in [0.15, 0.2) is 56.9 Å². The molecule has 0 unspecified atom stereocenters. The van der Waals surface area contributed by atoms with Crippen LogP contribution in [-0.4, -0.2) is 45.0 Å². The molecule has 204 valence electrons. The van der Waals surface area contributed by atoms with E-state index < -0.39 is 6.09 Å². The van der Waals surface area contributed by atoms with Crippen LogP contribution in [0.2, 0.25) is 0 Å². The van der Waals surface area contributed by atoms with Crippen molar-refractivity contribution in [3.63, 3.8) is 0 Å². The van der Waals surface area contributed by atoms with E-state index in [0.29, 0.717) is 55.2 Å². The van der Waals surface area contributed by atoms with Crippen molar-refractivity contribution in [3.05, 3.63) is 63.7 Å². The molecule has 0 aliphatic carbocycles. The van der Waals surface area contributed by atoms with Gasteiger partial charge in [0.15, 0.2) is 10.9 Å². The zero-order valence-corrected chi connectivity index (χ0v) is 24.5. The third kappa shape index (κ3) is 4.85. The normalized spacial score (nSPS) is 11.3. The summed E-state index contributed by atoms with van der Waals surface area (Å²) < 4.78 is 25.4. The van der Waals surface area contributed by atoms with Gasteiger partial charge in [-0.15, -0.1) is 16.4 Å². The minimum Gasteiger partial charge on any atom is -0.496 e. The lowest BCUT2D eigenvalue weighted by Gasteiger charge is -2.18. The molecule has 0 saturated carbocycles. The Morgan fingerprint density at radius 1 is 1.18 bits per heavy atom. The number of benzene rings is 2. The van der Waals surface area contributed by atoms with Gasteiger partial charge in [0.2, 0.25) is 4.96 Å². The van der Waals surface area contributed by atoms with Gasteiger partial charge >= 0.3 is 6.09 Å². The van der Waals surface area contributed by atoms with Gasteiger partial charge in [0, 0.05) is 22.0 Å². The van der Waals surface area contributed by atoms with E-state index in [2.05, 4.69) is 31.0 Å².